The van der Waals surface area contributed by atoms with Gasteiger partial charge in [0.25, 0.3) is 0 Å². The van der Waals surface area contributed by atoms with Crippen LogP contribution in [0.1, 0.15) is 44.9 Å². The van der Waals surface area contributed by atoms with Crippen molar-refractivity contribution in [3.8, 4) is 0 Å². The highest BCUT2D eigenvalue weighted by Gasteiger charge is 2.43. The highest BCUT2D eigenvalue weighted by Crippen LogP contribution is 2.39. The van der Waals surface area contributed by atoms with E-state index in [1.54, 1.807) is 18.7 Å². The van der Waals surface area contributed by atoms with Crippen molar-refractivity contribution in [1.29, 1.82) is 0 Å². The molecule has 0 radical (unpaired) electrons. The number of amides is 3. The number of nitrogens with zero attached hydrogens (tertiary/aromatic N) is 3. The van der Waals surface area contributed by atoms with Crippen LogP contribution in [0, 0.1) is 5.92 Å². The van der Waals surface area contributed by atoms with Crippen molar-refractivity contribution in [1.82, 2.24) is 20.0 Å². The fourth-order valence-electron chi connectivity index (χ4n) is 4.60. The average molecular weight is 511 g/mol. The van der Waals surface area contributed by atoms with Gasteiger partial charge in [-0.2, -0.15) is 13.2 Å². The third-order valence-corrected chi connectivity index (χ3v) is 6.38. The number of esters is 1. The van der Waals surface area contributed by atoms with Gasteiger partial charge in [-0.25, -0.2) is 9.59 Å². The molecule has 198 valence electrons. The van der Waals surface area contributed by atoms with Gasteiger partial charge in [0.2, 0.25) is 5.91 Å². The molecule has 1 saturated heterocycles. The number of likely N-dealkylation sites (N-methyl/N-ethyl adjacent to an activating group) is 1. The topological polar surface area (TPSA) is 82.2 Å². The third kappa shape index (κ3) is 5.83. The molecule has 8 nitrogen and oxygen atoms in total. The Hall–Kier alpha value is -3.08. The number of carbonyl (C=O) groups is 3. The third-order valence-electron chi connectivity index (χ3n) is 6.38. The SMILES string of the molecule is CCOC(=O)C1=C(CN2CCN(C(=O)C(C)C)CC2)N(CC)C(=O)NC1c1ccccc1C(F)(F)F. The Bertz CT molecular complexity index is 1020. The van der Waals surface area contributed by atoms with Crippen molar-refractivity contribution in [3.05, 3.63) is 46.7 Å². The molecule has 1 unspecified atom stereocenters. The summed E-state index contributed by atoms with van der Waals surface area (Å²) < 4.78 is 46.8. The quantitative estimate of drug-likeness (QED) is 0.569. The van der Waals surface area contributed by atoms with Gasteiger partial charge in [0.05, 0.1) is 23.8 Å². The minimum Gasteiger partial charge on any atom is -0.463 e. The Labute approximate surface area is 209 Å². The summed E-state index contributed by atoms with van der Waals surface area (Å²) in [4.78, 5) is 43.7. The molecule has 3 amide bonds. The standard InChI is InChI=1S/C25H33F3N4O4/c1-5-32-19(15-30-11-13-31(14-12-30)22(33)16(3)4)20(23(34)36-6-2)21(29-24(32)35)17-9-7-8-10-18(17)25(26,27)28/h7-10,16,21H,5-6,11-15H2,1-4H3,(H,29,35). The van der Waals surface area contributed by atoms with E-state index in [9.17, 15) is 27.6 Å². The van der Waals surface area contributed by atoms with E-state index < -0.39 is 29.8 Å². The smallest absolute Gasteiger partial charge is 0.416 e. The Balaban J connectivity index is 2.04. The highest BCUT2D eigenvalue weighted by atomic mass is 19.4. The second-order valence-electron chi connectivity index (χ2n) is 9.05. The van der Waals surface area contributed by atoms with Crippen LogP contribution < -0.4 is 5.32 Å². The average Bonchev–Trinajstić information content (AvgIpc) is 2.83. The molecule has 0 aromatic heterocycles. The Kier molecular flexibility index (Phi) is 8.65. The molecule has 2 aliphatic rings. The number of carbonyl (C=O) groups excluding carboxylic acids is 3. The van der Waals surface area contributed by atoms with E-state index >= 15 is 0 Å². The maximum Gasteiger partial charge on any atom is 0.416 e. The molecule has 1 aromatic carbocycles. The zero-order valence-corrected chi connectivity index (χ0v) is 21.0. The van der Waals surface area contributed by atoms with Crippen molar-refractivity contribution >= 4 is 17.9 Å². The second-order valence-corrected chi connectivity index (χ2v) is 9.05. The van der Waals surface area contributed by atoms with Crippen molar-refractivity contribution in [2.24, 2.45) is 5.92 Å². The van der Waals surface area contributed by atoms with E-state index in [-0.39, 0.29) is 42.7 Å². The first-order valence-corrected chi connectivity index (χ1v) is 12.1. The number of nitrogens with one attached hydrogen (secondary N) is 1. The molecule has 1 aromatic rings. The van der Waals surface area contributed by atoms with Crippen LogP contribution in [0.5, 0.6) is 0 Å². The van der Waals surface area contributed by atoms with Crippen LogP contribution >= 0.6 is 0 Å². The van der Waals surface area contributed by atoms with Gasteiger partial charge in [-0.1, -0.05) is 32.0 Å². The number of ether oxygens (including phenoxy) is 1. The maximum absolute atomic E-state index is 13.9. The largest absolute Gasteiger partial charge is 0.463 e. The van der Waals surface area contributed by atoms with Crippen LogP contribution in [0.25, 0.3) is 0 Å². The van der Waals surface area contributed by atoms with Crippen molar-refractivity contribution in [2.45, 2.75) is 39.9 Å². The van der Waals surface area contributed by atoms with Crippen LogP contribution in [0.4, 0.5) is 18.0 Å². The Morgan fingerprint density at radius 3 is 2.31 bits per heavy atom. The fourth-order valence-corrected chi connectivity index (χ4v) is 4.60. The van der Waals surface area contributed by atoms with Crippen molar-refractivity contribution in [3.63, 3.8) is 0 Å². The monoisotopic (exact) mass is 510 g/mol. The van der Waals surface area contributed by atoms with Crippen molar-refractivity contribution in [2.75, 3.05) is 45.9 Å². The Morgan fingerprint density at radius 2 is 1.75 bits per heavy atom. The lowest BCUT2D eigenvalue weighted by Gasteiger charge is -2.41. The van der Waals surface area contributed by atoms with Gasteiger partial charge in [-0.15, -0.1) is 0 Å². The predicted octanol–water partition coefficient (Wildman–Crippen LogP) is 3.41. The van der Waals surface area contributed by atoms with Crippen LogP contribution in [-0.4, -0.2) is 78.5 Å². The van der Waals surface area contributed by atoms with Crippen molar-refractivity contribution < 1.29 is 32.3 Å². The van der Waals surface area contributed by atoms with E-state index in [0.717, 1.165) is 6.07 Å². The van der Waals surface area contributed by atoms with Gasteiger partial charge in [-0.3, -0.25) is 14.6 Å². The van der Waals surface area contributed by atoms with E-state index in [4.69, 9.17) is 4.74 Å². The summed E-state index contributed by atoms with van der Waals surface area (Å²) in [5, 5.41) is 2.59. The minimum atomic E-state index is -4.68. The number of piperazine rings is 1. The zero-order valence-electron chi connectivity index (χ0n) is 21.0. The first-order valence-electron chi connectivity index (χ1n) is 12.1. The van der Waals surface area contributed by atoms with E-state index in [1.807, 2.05) is 18.7 Å². The lowest BCUT2D eigenvalue weighted by molar-refractivity contribution is -0.141. The van der Waals surface area contributed by atoms with Gasteiger partial charge >= 0.3 is 18.2 Å². The molecule has 0 aliphatic carbocycles. The number of alkyl halides is 3. The van der Waals surface area contributed by atoms with Crippen LogP contribution in [-0.2, 0) is 20.5 Å². The summed E-state index contributed by atoms with van der Waals surface area (Å²) >= 11 is 0. The molecular weight excluding hydrogens is 477 g/mol. The van der Waals surface area contributed by atoms with Gasteiger partial charge in [-0.05, 0) is 25.5 Å². The molecule has 3 rings (SSSR count). The van der Waals surface area contributed by atoms with Gasteiger partial charge < -0.3 is 15.0 Å². The van der Waals surface area contributed by atoms with Crippen LogP contribution in [0.3, 0.4) is 0 Å². The summed E-state index contributed by atoms with van der Waals surface area (Å²) in [6, 6.07) is 2.99. The molecule has 0 bridgehead atoms. The van der Waals surface area contributed by atoms with Gasteiger partial charge in [0.15, 0.2) is 0 Å². The number of rotatable bonds is 7. The number of halogens is 3. The zero-order chi connectivity index (χ0) is 26.6. The molecule has 0 saturated carbocycles. The van der Waals surface area contributed by atoms with E-state index in [0.29, 0.717) is 31.9 Å². The highest BCUT2D eigenvalue weighted by molar-refractivity contribution is 5.95. The number of urea groups is 1. The minimum absolute atomic E-state index is 0.0179. The first kappa shape index (κ1) is 27.5. The lowest BCUT2D eigenvalue weighted by Crippen LogP contribution is -2.54. The molecule has 0 spiro atoms. The van der Waals surface area contributed by atoms with Gasteiger partial charge in [0, 0.05) is 50.9 Å². The molecule has 2 heterocycles. The van der Waals surface area contributed by atoms with Gasteiger partial charge in [0.1, 0.15) is 0 Å². The number of hydrogen-bond acceptors (Lipinski definition) is 5. The summed E-state index contributed by atoms with van der Waals surface area (Å²) in [6.45, 7) is 9.38. The fraction of sp³-hybridized carbons (Fsp3) is 0.560. The van der Waals surface area contributed by atoms with E-state index in [2.05, 4.69) is 5.32 Å². The molecule has 36 heavy (non-hydrogen) atoms. The molecule has 11 heteroatoms. The molecule has 1 N–H and O–H groups in total. The first-order chi connectivity index (χ1) is 17.0. The Morgan fingerprint density at radius 1 is 1.11 bits per heavy atom. The summed E-state index contributed by atoms with van der Waals surface area (Å²) in [6.07, 6.45) is -4.68. The lowest BCUT2D eigenvalue weighted by atomic mass is 9.90. The summed E-state index contributed by atoms with van der Waals surface area (Å²) in [7, 11) is 0. The second kappa shape index (κ2) is 11.3. The summed E-state index contributed by atoms with van der Waals surface area (Å²) in [5.41, 5.74) is -0.856. The normalized spacial score (nSPS) is 19.6. The van der Waals surface area contributed by atoms with Crippen LogP contribution in [0.2, 0.25) is 0 Å². The molecular formula is C25H33F3N4O4. The van der Waals surface area contributed by atoms with Crippen LogP contribution in [0.15, 0.2) is 35.5 Å². The maximum atomic E-state index is 13.9. The number of benzene rings is 1. The molecule has 2 aliphatic heterocycles. The molecule has 1 atom stereocenters. The molecule has 1 fully saturated rings. The summed E-state index contributed by atoms with van der Waals surface area (Å²) in [5.74, 6) is -0.847. The predicted molar refractivity (Wildman–Crippen MR) is 127 cm³/mol. The number of hydrogen-bond donors (Lipinski definition) is 1. The van der Waals surface area contributed by atoms with E-state index in [1.165, 1.54) is 23.1 Å².